The van der Waals surface area contributed by atoms with E-state index in [0.717, 1.165) is 0 Å². The van der Waals surface area contributed by atoms with Gasteiger partial charge in [0.2, 0.25) is 0 Å². The molecule has 0 aliphatic carbocycles. The van der Waals surface area contributed by atoms with Crippen LogP contribution in [0.1, 0.15) is 41.0 Å². The molecule has 1 aliphatic heterocycles. The molecule has 0 bridgehead atoms. The van der Waals surface area contributed by atoms with E-state index in [2.05, 4.69) is 9.64 Å². The molecule has 0 aromatic heterocycles. The van der Waals surface area contributed by atoms with Crippen LogP contribution >= 0.6 is 0 Å². The van der Waals surface area contributed by atoms with E-state index in [0.29, 0.717) is 13.0 Å². The highest BCUT2D eigenvalue weighted by molar-refractivity contribution is 5.01. The van der Waals surface area contributed by atoms with Crippen LogP contribution in [0.15, 0.2) is 0 Å². The van der Waals surface area contributed by atoms with Gasteiger partial charge >= 0.3 is 6.36 Å². The molecule has 1 saturated heterocycles. The molecule has 2 nitrogen and oxygen atoms in total. The van der Waals surface area contributed by atoms with E-state index in [9.17, 15) is 13.2 Å². The summed E-state index contributed by atoms with van der Waals surface area (Å²) in [5.74, 6) is 0. The van der Waals surface area contributed by atoms with Crippen molar-refractivity contribution in [1.29, 1.82) is 0 Å². The van der Waals surface area contributed by atoms with Crippen LogP contribution in [0.2, 0.25) is 0 Å². The van der Waals surface area contributed by atoms with Crippen molar-refractivity contribution < 1.29 is 17.9 Å². The summed E-state index contributed by atoms with van der Waals surface area (Å²) in [5.41, 5.74) is -0.735. The first kappa shape index (κ1) is 13.8. The Kier molecular flexibility index (Phi) is 3.34. The summed E-state index contributed by atoms with van der Waals surface area (Å²) in [6, 6.07) is 0. The van der Waals surface area contributed by atoms with Crippen molar-refractivity contribution >= 4 is 0 Å². The number of rotatable bonds is 1. The Labute approximate surface area is 94.8 Å². The summed E-state index contributed by atoms with van der Waals surface area (Å²) >= 11 is 0. The van der Waals surface area contributed by atoms with Gasteiger partial charge in [-0.05, 0) is 41.0 Å². The third kappa shape index (κ3) is 2.88. The van der Waals surface area contributed by atoms with Gasteiger partial charge in [-0.1, -0.05) is 0 Å². The summed E-state index contributed by atoms with van der Waals surface area (Å²) < 4.78 is 40.9. The fraction of sp³-hybridized carbons (Fsp3) is 1.00. The third-order valence-corrected chi connectivity index (χ3v) is 3.18. The molecule has 16 heavy (non-hydrogen) atoms. The van der Waals surface area contributed by atoms with Gasteiger partial charge in [0.1, 0.15) is 0 Å². The van der Waals surface area contributed by atoms with Gasteiger partial charge in [-0.25, -0.2) is 0 Å². The van der Waals surface area contributed by atoms with E-state index in [1.165, 1.54) is 0 Å². The molecule has 0 unspecified atom stereocenters. The second-order valence-electron chi connectivity index (χ2n) is 5.82. The highest BCUT2D eigenvalue weighted by atomic mass is 19.4. The number of alkyl halides is 3. The van der Waals surface area contributed by atoms with Gasteiger partial charge in [0.25, 0.3) is 0 Å². The predicted octanol–water partition coefficient (Wildman–Crippen LogP) is 3.17. The van der Waals surface area contributed by atoms with E-state index in [1.807, 2.05) is 34.6 Å². The molecule has 1 aliphatic rings. The molecule has 96 valence electrons. The quantitative estimate of drug-likeness (QED) is 0.697. The molecule has 0 aromatic carbocycles. The molecule has 1 rings (SSSR count). The molecular formula is C11H20F3NO. The van der Waals surface area contributed by atoms with Crippen LogP contribution in [0, 0.1) is 0 Å². The van der Waals surface area contributed by atoms with Crippen LogP contribution in [-0.4, -0.2) is 35.0 Å². The minimum Gasteiger partial charge on any atom is -0.291 e. The monoisotopic (exact) mass is 239 g/mol. The van der Waals surface area contributed by atoms with E-state index < -0.39 is 18.0 Å². The minimum absolute atomic E-state index is 0.146. The minimum atomic E-state index is -4.55. The van der Waals surface area contributed by atoms with Crippen LogP contribution in [0.3, 0.4) is 0 Å². The lowest BCUT2D eigenvalue weighted by atomic mass is 9.94. The first-order chi connectivity index (χ1) is 6.94. The van der Waals surface area contributed by atoms with Crippen molar-refractivity contribution in [2.45, 2.75) is 64.6 Å². The van der Waals surface area contributed by atoms with Crippen LogP contribution in [0.25, 0.3) is 0 Å². The zero-order valence-corrected chi connectivity index (χ0v) is 10.5. The molecule has 1 atom stereocenters. The van der Waals surface area contributed by atoms with Gasteiger partial charge in [0, 0.05) is 17.6 Å². The number of halogens is 3. The van der Waals surface area contributed by atoms with Crippen molar-refractivity contribution in [3.8, 4) is 0 Å². The average Bonchev–Trinajstić information content (AvgIpc) is 2.22. The molecule has 0 amide bonds. The second-order valence-corrected chi connectivity index (χ2v) is 5.82. The third-order valence-electron chi connectivity index (χ3n) is 3.18. The summed E-state index contributed by atoms with van der Waals surface area (Å²) in [7, 11) is 0. The first-order valence-corrected chi connectivity index (χ1v) is 5.47. The maximum Gasteiger partial charge on any atom is 0.522 e. The number of nitrogens with zero attached hydrogens (tertiary/aromatic N) is 1. The first-order valence-electron chi connectivity index (χ1n) is 5.47. The van der Waals surface area contributed by atoms with Crippen LogP contribution in [0.4, 0.5) is 13.2 Å². The van der Waals surface area contributed by atoms with Gasteiger partial charge in [0.05, 0.1) is 6.10 Å². The lowest BCUT2D eigenvalue weighted by Crippen LogP contribution is -2.54. The number of hydrogen-bond acceptors (Lipinski definition) is 2. The SMILES string of the molecule is CC(C)(C)N1CC[C@@H](OC(F)(F)F)C1(C)C. The highest BCUT2D eigenvalue weighted by Gasteiger charge is 2.50. The van der Waals surface area contributed by atoms with E-state index >= 15 is 0 Å². The molecular weight excluding hydrogens is 219 g/mol. The van der Waals surface area contributed by atoms with Crippen LogP contribution in [-0.2, 0) is 4.74 Å². The van der Waals surface area contributed by atoms with Gasteiger partial charge < -0.3 is 0 Å². The largest absolute Gasteiger partial charge is 0.522 e. The molecule has 0 radical (unpaired) electrons. The lowest BCUT2D eigenvalue weighted by molar-refractivity contribution is -0.349. The van der Waals surface area contributed by atoms with Crippen molar-refractivity contribution in [2.24, 2.45) is 0 Å². The van der Waals surface area contributed by atoms with Gasteiger partial charge in [-0.15, -0.1) is 13.2 Å². The number of ether oxygens (including phenoxy) is 1. The number of likely N-dealkylation sites (tertiary alicyclic amines) is 1. The van der Waals surface area contributed by atoms with E-state index in [-0.39, 0.29) is 5.54 Å². The molecule has 1 heterocycles. The Morgan fingerprint density at radius 1 is 1.19 bits per heavy atom. The summed E-state index contributed by atoms with van der Waals surface area (Å²) in [6.07, 6.45) is -4.91. The van der Waals surface area contributed by atoms with Gasteiger partial charge in [-0.3, -0.25) is 9.64 Å². The van der Waals surface area contributed by atoms with E-state index in [4.69, 9.17) is 0 Å². The van der Waals surface area contributed by atoms with Gasteiger partial charge in [-0.2, -0.15) is 0 Å². The molecule has 0 N–H and O–H groups in total. The van der Waals surface area contributed by atoms with Crippen LogP contribution < -0.4 is 0 Å². The fourth-order valence-corrected chi connectivity index (χ4v) is 2.63. The Morgan fingerprint density at radius 3 is 2.00 bits per heavy atom. The van der Waals surface area contributed by atoms with Crippen molar-refractivity contribution in [3.05, 3.63) is 0 Å². The standard InChI is InChI=1S/C11H20F3NO/c1-9(2,3)15-7-6-8(10(15,4)5)16-11(12,13)14/h8H,6-7H2,1-5H3/t8-/m1/s1. The molecule has 1 fully saturated rings. The Balaban J connectivity index is 2.80. The average molecular weight is 239 g/mol. The predicted molar refractivity (Wildman–Crippen MR) is 56.1 cm³/mol. The van der Waals surface area contributed by atoms with Gasteiger partial charge in [0.15, 0.2) is 0 Å². The number of hydrogen-bond donors (Lipinski definition) is 0. The molecule has 0 aromatic rings. The molecule has 5 heteroatoms. The maximum atomic E-state index is 12.2. The smallest absolute Gasteiger partial charge is 0.291 e. The summed E-state index contributed by atoms with van der Waals surface area (Å²) in [4.78, 5) is 2.07. The van der Waals surface area contributed by atoms with Crippen molar-refractivity contribution in [2.75, 3.05) is 6.54 Å². The summed E-state index contributed by atoms with van der Waals surface area (Å²) in [5, 5.41) is 0. The maximum absolute atomic E-state index is 12.2. The molecule has 0 saturated carbocycles. The Bertz CT molecular complexity index is 255. The highest BCUT2D eigenvalue weighted by Crippen LogP contribution is 2.39. The Morgan fingerprint density at radius 2 is 1.69 bits per heavy atom. The van der Waals surface area contributed by atoms with E-state index in [1.54, 1.807) is 0 Å². The second kappa shape index (κ2) is 3.88. The van der Waals surface area contributed by atoms with Crippen molar-refractivity contribution in [1.82, 2.24) is 4.90 Å². The lowest BCUT2D eigenvalue weighted by Gasteiger charge is -2.44. The topological polar surface area (TPSA) is 12.5 Å². The zero-order chi connectivity index (χ0) is 12.8. The fourth-order valence-electron chi connectivity index (χ4n) is 2.63. The Hall–Kier alpha value is -0.290. The summed E-state index contributed by atoms with van der Waals surface area (Å²) in [6.45, 7) is 10.3. The molecule has 0 spiro atoms. The van der Waals surface area contributed by atoms with Crippen LogP contribution in [0.5, 0.6) is 0 Å². The zero-order valence-electron chi connectivity index (χ0n) is 10.5. The van der Waals surface area contributed by atoms with Crippen molar-refractivity contribution in [3.63, 3.8) is 0 Å². The normalized spacial score (nSPS) is 27.4.